The molecular formula is C17H22N2OS2. The van der Waals surface area contributed by atoms with E-state index in [4.69, 9.17) is 12.2 Å². The van der Waals surface area contributed by atoms with Crippen LogP contribution in [0, 0.1) is 0 Å². The quantitative estimate of drug-likeness (QED) is 0.657. The van der Waals surface area contributed by atoms with E-state index in [1.165, 1.54) is 6.42 Å². The molecule has 1 aromatic carbocycles. The molecule has 3 nitrogen and oxygen atoms in total. The van der Waals surface area contributed by atoms with Crippen molar-refractivity contribution < 1.29 is 4.79 Å². The Kier molecular flexibility index (Phi) is 4.46. The van der Waals surface area contributed by atoms with Crippen molar-refractivity contribution in [1.82, 2.24) is 9.80 Å². The van der Waals surface area contributed by atoms with Crippen molar-refractivity contribution in [3.63, 3.8) is 0 Å². The van der Waals surface area contributed by atoms with Gasteiger partial charge in [-0.3, -0.25) is 4.79 Å². The summed E-state index contributed by atoms with van der Waals surface area (Å²) in [6.45, 7) is 3.71. The minimum absolute atomic E-state index is 0.133. The number of rotatable bonds is 2. The highest BCUT2D eigenvalue weighted by Crippen LogP contribution is 2.39. The first kappa shape index (κ1) is 15.8. The number of benzene rings is 1. The van der Waals surface area contributed by atoms with Crippen molar-refractivity contribution >= 4 is 35.1 Å². The van der Waals surface area contributed by atoms with E-state index in [1.807, 2.05) is 23.1 Å². The van der Waals surface area contributed by atoms with Crippen LogP contribution in [0.1, 0.15) is 54.9 Å². The van der Waals surface area contributed by atoms with Crippen molar-refractivity contribution in [2.24, 2.45) is 0 Å². The molecule has 0 N–H and O–H groups in total. The van der Waals surface area contributed by atoms with E-state index in [9.17, 15) is 4.79 Å². The summed E-state index contributed by atoms with van der Waals surface area (Å²) in [5.41, 5.74) is 1.63. The number of hydrogen-bond acceptors (Lipinski definition) is 2. The minimum atomic E-state index is -0.328. The maximum Gasteiger partial charge on any atom is 0.256 e. The van der Waals surface area contributed by atoms with Gasteiger partial charge in [0.15, 0.2) is 0 Å². The van der Waals surface area contributed by atoms with Crippen LogP contribution in [0.3, 0.4) is 0 Å². The molecule has 1 aromatic rings. The Morgan fingerprint density at radius 3 is 2.77 bits per heavy atom. The van der Waals surface area contributed by atoms with Gasteiger partial charge in [0.2, 0.25) is 0 Å². The molecule has 2 aliphatic rings. The van der Waals surface area contributed by atoms with Crippen LogP contribution in [0.4, 0.5) is 0 Å². The fraction of sp³-hybridized carbons (Fsp3) is 0.529. The lowest BCUT2D eigenvalue weighted by Crippen LogP contribution is -2.60. The summed E-state index contributed by atoms with van der Waals surface area (Å²) < 4.78 is 0.604. The van der Waals surface area contributed by atoms with Gasteiger partial charge >= 0.3 is 0 Å². The second-order valence-corrected chi connectivity index (χ2v) is 7.24. The molecule has 1 atom stereocenters. The van der Waals surface area contributed by atoms with Crippen molar-refractivity contribution in [2.75, 3.05) is 6.54 Å². The van der Waals surface area contributed by atoms with Crippen LogP contribution in [0.2, 0.25) is 0 Å². The van der Waals surface area contributed by atoms with Crippen LogP contribution in [0.15, 0.2) is 24.3 Å². The van der Waals surface area contributed by atoms with E-state index in [-0.39, 0.29) is 11.6 Å². The number of nitrogens with zero attached hydrogens (tertiary/aromatic N) is 2. The number of fused-ring (bicyclic) bond motifs is 1. The van der Waals surface area contributed by atoms with Gasteiger partial charge in [-0.2, -0.15) is 0 Å². The average Bonchev–Trinajstić information content (AvgIpc) is 2.73. The monoisotopic (exact) mass is 334 g/mol. The molecule has 2 heterocycles. The van der Waals surface area contributed by atoms with Gasteiger partial charge in [0.25, 0.3) is 5.91 Å². The second-order valence-electron chi connectivity index (χ2n) is 6.13. The van der Waals surface area contributed by atoms with Crippen molar-refractivity contribution in [3.05, 3.63) is 35.4 Å². The first-order valence-electron chi connectivity index (χ1n) is 8.00. The molecule has 22 heavy (non-hydrogen) atoms. The Balaban J connectivity index is 2.02. The largest absolute Gasteiger partial charge is 0.335 e. The van der Waals surface area contributed by atoms with Gasteiger partial charge in [0.1, 0.15) is 9.98 Å². The van der Waals surface area contributed by atoms with Crippen molar-refractivity contribution in [1.29, 1.82) is 0 Å². The lowest BCUT2D eigenvalue weighted by atomic mass is 9.97. The molecule has 0 aromatic heterocycles. The summed E-state index contributed by atoms with van der Waals surface area (Å²) in [7, 11) is 0. The first-order valence-corrected chi connectivity index (χ1v) is 8.86. The zero-order chi connectivity index (χ0) is 15.7. The fourth-order valence-electron chi connectivity index (χ4n) is 3.90. The van der Waals surface area contributed by atoms with Gasteiger partial charge in [-0.25, -0.2) is 0 Å². The van der Waals surface area contributed by atoms with E-state index < -0.39 is 0 Å². The van der Waals surface area contributed by atoms with E-state index in [1.54, 1.807) is 0 Å². The zero-order valence-corrected chi connectivity index (χ0v) is 14.6. The Labute approximate surface area is 143 Å². The molecule has 1 amide bonds. The third-order valence-electron chi connectivity index (χ3n) is 5.08. The highest BCUT2D eigenvalue weighted by molar-refractivity contribution is 8.10. The van der Waals surface area contributed by atoms with Gasteiger partial charge < -0.3 is 9.80 Å². The summed E-state index contributed by atoms with van der Waals surface area (Å²) in [6, 6.07) is 7.92. The Morgan fingerprint density at radius 1 is 1.32 bits per heavy atom. The minimum Gasteiger partial charge on any atom is -0.335 e. The Morgan fingerprint density at radius 2 is 2.09 bits per heavy atom. The van der Waals surface area contributed by atoms with Gasteiger partial charge in [-0.1, -0.05) is 43.8 Å². The Bertz CT molecular complexity index is 604. The maximum atomic E-state index is 13.0. The maximum absolute atomic E-state index is 13.0. The standard InChI is InChI=1S/C17H22N2OS2/c1-2-17(10-6-3-7-11-18(17)16(21)22)19-12-13-8-4-5-9-14(13)15(19)20/h4-5,8-9H,2-3,6-7,10-12H2,1H3,(H,21,22). The molecule has 1 unspecified atom stereocenters. The van der Waals surface area contributed by atoms with Gasteiger partial charge in [0, 0.05) is 18.7 Å². The number of hydrogen-bond donors (Lipinski definition) is 1. The number of amides is 1. The lowest BCUT2D eigenvalue weighted by Gasteiger charge is -2.49. The van der Waals surface area contributed by atoms with Crippen LogP contribution >= 0.6 is 24.8 Å². The highest BCUT2D eigenvalue weighted by atomic mass is 32.1. The number of thiocarbonyl (C=S) groups is 1. The molecule has 118 valence electrons. The van der Waals surface area contributed by atoms with E-state index in [0.29, 0.717) is 10.9 Å². The molecule has 1 fully saturated rings. The summed E-state index contributed by atoms with van der Waals surface area (Å²) in [6.07, 6.45) is 5.25. The van der Waals surface area contributed by atoms with Crippen LogP contribution < -0.4 is 0 Å². The van der Waals surface area contributed by atoms with Crippen LogP contribution in [-0.4, -0.2) is 32.2 Å². The molecule has 0 radical (unpaired) electrons. The Hall–Kier alpha value is -1.07. The number of likely N-dealkylation sites (tertiary alicyclic amines) is 1. The molecule has 0 bridgehead atoms. The third kappa shape index (κ3) is 2.44. The molecule has 5 heteroatoms. The fourth-order valence-corrected chi connectivity index (χ4v) is 4.45. The SMILES string of the molecule is CCC1(N2Cc3ccccc3C2=O)CCCCCN1C(=S)S. The van der Waals surface area contributed by atoms with Gasteiger partial charge in [-0.15, -0.1) is 12.6 Å². The second kappa shape index (κ2) is 6.20. The normalized spacial score (nSPS) is 25.1. The molecular weight excluding hydrogens is 312 g/mol. The van der Waals surface area contributed by atoms with Crippen molar-refractivity contribution in [3.8, 4) is 0 Å². The smallest absolute Gasteiger partial charge is 0.256 e. The van der Waals surface area contributed by atoms with Gasteiger partial charge in [0.05, 0.1) is 0 Å². The summed E-state index contributed by atoms with van der Waals surface area (Å²) in [4.78, 5) is 17.2. The molecule has 0 saturated carbocycles. The highest BCUT2D eigenvalue weighted by Gasteiger charge is 2.47. The van der Waals surface area contributed by atoms with Crippen LogP contribution in [0.25, 0.3) is 0 Å². The molecule has 1 saturated heterocycles. The molecule has 0 aliphatic carbocycles. The van der Waals surface area contributed by atoms with E-state index in [0.717, 1.165) is 43.4 Å². The predicted molar refractivity (Wildman–Crippen MR) is 96.1 cm³/mol. The molecule has 3 rings (SSSR count). The first-order chi connectivity index (χ1) is 10.6. The molecule has 0 spiro atoms. The third-order valence-corrected chi connectivity index (χ3v) is 5.54. The predicted octanol–water partition coefficient (Wildman–Crippen LogP) is 3.84. The summed E-state index contributed by atoms with van der Waals surface area (Å²) >= 11 is 9.86. The topological polar surface area (TPSA) is 23.6 Å². The summed E-state index contributed by atoms with van der Waals surface area (Å²) in [5, 5.41) is 0. The van der Waals surface area contributed by atoms with E-state index >= 15 is 0 Å². The van der Waals surface area contributed by atoms with E-state index in [2.05, 4.69) is 30.5 Å². The van der Waals surface area contributed by atoms with Crippen LogP contribution in [-0.2, 0) is 6.54 Å². The van der Waals surface area contributed by atoms with Gasteiger partial charge in [-0.05, 0) is 37.3 Å². The average molecular weight is 335 g/mol. The van der Waals surface area contributed by atoms with Crippen LogP contribution in [0.5, 0.6) is 0 Å². The van der Waals surface area contributed by atoms with Crippen molar-refractivity contribution in [2.45, 2.75) is 51.2 Å². The lowest BCUT2D eigenvalue weighted by molar-refractivity contribution is -0.00952. The number of carbonyl (C=O) groups is 1. The number of carbonyl (C=O) groups excluding carboxylic acids is 1. The zero-order valence-electron chi connectivity index (χ0n) is 12.9. The number of thiol groups is 1. The summed E-state index contributed by atoms with van der Waals surface area (Å²) in [5.74, 6) is 0.133. The molecule has 2 aliphatic heterocycles.